The SMILES string of the molecule is COc1ccc(NC(=O)c2ccc(Cn3cccn3)o2)c(OC)c1. The molecule has 0 spiro atoms. The van der Waals surface area contributed by atoms with Gasteiger partial charge in [0, 0.05) is 18.5 Å². The van der Waals surface area contributed by atoms with E-state index in [2.05, 4.69) is 10.4 Å². The summed E-state index contributed by atoms with van der Waals surface area (Å²) in [5.74, 6) is 1.65. The number of methoxy groups -OCH3 is 2. The van der Waals surface area contributed by atoms with Crippen molar-refractivity contribution >= 4 is 11.6 Å². The number of nitrogens with one attached hydrogen (secondary N) is 1. The first kappa shape index (κ1) is 15.7. The largest absolute Gasteiger partial charge is 0.497 e. The van der Waals surface area contributed by atoms with Crippen LogP contribution in [-0.2, 0) is 6.54 Å². The molecule has 1 amide bonds. The topological polar surface area (TPSA) is 78.5 Å². The van der Waals surface area contributed by atoms with Crippen LogP contribution < -0.4 is 14.8 Å². The number of amides is 1. The van der Waals surface area contributed by atoms with Gasteiger partial charge in [-0.15, -0.1) is 0 Å². The molecule has 3 aromatic rings. The van der Waals surface area contributed by atoms with Gasteiger partial charge < -0.3 is 19.2 Å². The van der Waals surface area contributed by atoms with Gasteiger partial charge in [0.25, 0.3) is 5.91 Å². The Morgan fingerprint density at radius 3 is 2.83 bits per heavy atom. The lowest BCUT2D eigenvalue weighted by atomic mass is 10.2. The monoisotopic (exact) mass is 327 g/mol. The number of carbonyl (C=O) groups excluding carboxylic acids is 1. The Balaban J connectivity index is 1.72. The van der Waals surface area contributed by atoms with E-state index in [1.165, 1.54) is 7.11 Å². The van der Waals surface area contributed by atoms with Crippen LogP contribution >= 0.6 is 0 Å². The van der Waals surface area contributed by atoms with Crippen LogP contribution in [0, 0.1) is 0 Å². The van der Waals surface area contributed by atoms with Crippen LogP contribution in [0.5, 0.6) is 11.5 Å². The molecule has 0 saturated carbocycles. The second-order valence-electron chi connectivity index (χ2n) is 4.99. The minimum atomic E-state index is -0.356. The summed E-state index contributed by atoms with van der Waals surface area (Å²) in [6.07, 6.45) is 3.51. The standard InChI is InChI=1S/C17H17N3O4/c1-22-12-4-6-14(16(10-12)23-2)19-17(21)15-7-5-13(24-15)11-20-9-3-8-18-20/h3-10H,11H2,1-2H3,(H,19,21). The first-order valence-corrected chi connectivity index (χ1v) is 7.29. The van der Waals surface area contributed by atoms with Crippen molar-refractivity contribution in [3.8, 4) is 11.5 Å². The average Bonchev–Trinajstić information content (AvgIpc) is 3.27. The molecule has 0 aliphatic carbocycles. The maximum atomic E-state index is 12.3. The minimum Gasteiger partial charge on any atom is -0.497 e. The molecule has 2 aromatic heterocycles. The highest BCUT2D eigenvalue weighted by Gasteiger charge is 2.14. The Morgan fingerprint density at radius 1 is 1.25 bits per heavy atom. The maximum Gasteiger partial charge on any atom is 0.291 e. The van der Waals surface area contributed by atoms with Gasteiger partial charge in [0.1, 0.15) is 17.3 Å². The van der Waals surface area contributed by atoms with E-state index in [-0.39, 0.29) is 11.7 Å². The predicted molar refractivity (Wildman–Crippen MR) is 87.5 cm³/mol. The third-order valence-corrected chi connectivity index (χ3v) is 3.42. The number of hydrogen-bond donors (Lipinski definition) is 1. The van der Waals surface area contributed by atoms with Crippen molar-refractivity contribution in [2.45, 2.75) is 6.54 Å². The molecule has 0 aliphatic heterocycles. The number of ether oxygens (including phenoxy) is 2. The van der Waals surface area contributed by atoms with Gasteiger partial charge in [-0.25, -0.2) is 0 Å². The number of furan rings is 1. The highest BCUT2D eigenvalue weighted by atomic mass is 16.5. The van der Waals surface area contributed by atoms with Crippen LogP contribution in [-0.4, -0.2) is 29.9 Å². The molecule has 2 heterocycles. The van der Waals surface area contributed by atoms with Gasteiger partial charge in [0.15, 0.2) is 5.76 Å². The molecular formula is C17H17N3O4. The van der Waals surface area contributed by atoms with Crippen molar-refractivity contribution in [2.75, 3.05) is 19.5 Å². The van der Waals surface area contributed by atoms with E-state index in [0.717, 1.165) is 0 Å². The maximum absolute atomic E-state index is 12.3. The Labute approximate surface area is 138 Å². The van der Waals surface area contributed by atoms with Crippen molar-refractivity contribution in [3.63, 3.8) is 0 Å². The minimum absolute atomic E-state index is 0.218. The van der Waals surface area contributed by atoms with E-state index >= 15 is 0 Å². The molecule has 7 nitrogen and oxygen atoms in total. The van der Waals surface area contributed by atoms with Crippen LogP contribution in [0.15, 0.2) is 53.2 Å². The molecule has 0 aliphatic rings. The molecule has 3 rings (SSSR count). The van der Waals surface area contributed by atoms with Gasteiger partial charge >= 0.3 is 0 Å². The molecule has 24 heavy (non-hydrogen) atoms. The zero-order valence-corrected chi connectivity index (χ0v) is 13.4. The van der Waals surface area contributed by atoms with Gasteiger partial charge in [0.05, 0.1) is 26.5 Å². The molecule has 0 bridgehead atoms. The molecule has 1 aromatic carbocycles. The molecule has 0 saturated heterocycles. The fourth-order valence-electron chi connectivity index (χ4n) is 2.22. The zero-order valence-electron chi connectivity index (χ0n) is 13.4. The Hall–Kier alpha value is -3.22. The van der Waals surface area contributed by atoms with Crippen molar-refractivity contribution in [1.29, 1.82) is 0 Å². The molecular weight excluding hydrogens is 310 g/mol. The average molecular weight is 327 g/mol. The van der Waals surface area contributed by atoms with Crippen molar-refractivity contribution < 1.29 is 18.7 Å². The van der Waals surface area contributed by atoms with Crippen LogP contribution in [0.1, 0.15) is 16.3 Å². The fourth-order valence-corrected chi connectivity index (χ4v) is 2.22. The van der Waals surface area contributed by atoms with E-state index in [1.807, 2.05) is 12.3 Å². The summed E-state index contributed by atoms with van der Waals surface area (Å²) >= 11 is 0. The lowest BCUT2D eigenvalue weighted by Crippen LogP contribution is -2.11. The number of rotatable bonds is 6. The van der Waals surface area contributed by atoms with Gasteiger partial charge in [0.2, 0.25) is 0 Å². The third-order valence-electron chi connectivity index (χ3n) is 3.42. The molecule has 7 heteroatoms. The third kappa shape index (κ3) is 3.40. The summed E-state index contributed by atoms with van der Waals surface area (Å²) in [5.41, 5.74) is 0.535. The molecule has 0 atom stereocenters. The summed E-state index contributed by atoms with van der Waals surface area (Å²) in [5, 5.41) is 6.87. The highest BCUT2D eigenvalue weighted by molar-refractivity contribution is 6.03. The molecule has 0 radical (unpaired) electrons. The van der Waals surface area contributed by atoms with Crippen molar-refractivity contribution in [3.05, 3.63) is 60.3 Å². The smallest absolute Gasteiger partial charge is 0.291 e. The van der Waals surface area contributed by atoms with Gasteiger partial charge in [-0.05, 0) is 30.3 Å². The molecule has 0 unspecified atom stereocenters. The second-order valence-corrected chi connectivity index (χ2v) is 4.99. The normalized spacial score (nSPS) is 10.4. The molecule has 1 N–H and O–H groups in total. The molecule has 0 fully saturated rings. The zero-order chi connectivity index (χ0) is 16.9. The Morgan fingerprint density at radius 2 is 2.12 bits per heavy atom. The first-order chi connectivity index (χ1) is 11.7. The fraction of sp³-hybridized carbons (Fsp3) is 0.176. The predicted octanol–water partition coefficient (Wildman–Crippen LogP) is 2.79. The Kier molecular flexibility index (Phi) is 4.51. The number of carbonyl (C=O) groups is 1. The second kappa shape index (κ2) is 6.91. The number of aromatic nitrogens is 2. The van der Waals surface area contributed by atoms with E-state index in [1.54, 1.807) is 48.3 Å². The number of nitrogens with zero attached hydrogens (tertiary/aromatic N) is 2. The quantitative estimate of drug-likeness (QED) is 0.753. The lowest BCUT2D eigenvalue weighted by Gasteiger charge is -2.10. The van der Waals surface area contributed by atoms with Crippen LogP contribution in [0.25, 0.3) is 0 Å². The lowest BCUT2D eigenvalue weighted by molar-refractivity contribution is 0.0994. The van der Waals surface area contributed by atoms with Crippen molar-refractivity contribution in [2.24, 2.45) is 0 Å². The highest BCUT2D eigenvalue weighted by Crippen LogP contribution is 2.29. The number of benzene rings is 1. The van der Waals surface area contributed by atoms with Crippen LogP contribution in [0.3, 0.4) is 0 Å². The Bertz CT molecular complexity index is 824. The van der Waals surface area contributed by atoms with E-state index in [9.17, 15) is 4.79 Å². The van der Waals surface area contributed by atoms with E-state index in [0.29, 0.717) is 29.5 Å². The van der Waals surface area contributed by atoms with E-state index in [4.69, 9.17) is 13.9 Å². The van der Waals surface area contributed by atoms with Crippen LogP contribution in [0.2, 0.25) is 0 Å². The van der Waals surface area contributed by atoms with Gasteiger partial charge in [-0.3, -0.25) is 9.48 Å². The van der Waals surface area contributed by atoms with Gasteiger partial charge in [-0.1, -0.05) is 0 Å². The van der Waals surface area contributed by atoms with Gasteiger partial charge in [-0.2, -0.15) is 5.10 Å². The first-order valence-electron chi connectivity index (χ1n) is 7.29. The van der Waals surface area contributed by atoms with Crippen molar-refractivity contribution in [1.82, 2.24) is 9.78 Å². The summed E-state index contributed by atoms with van der Waals surface area (Å²) in [6, 6.07) is 10.4. The molecule has 124 valence electrons. The van der Waals surface area contributed by atoms with Crippen LogP contribution in [0.4, 0.5) is 5.69 Å². The summed E-state index contributed by atoms with van der Waals surface area (Å²) < 4.78 is 17.7. The number of anilines is 1. The summed E-state index contributed by atoms with van der Waals surface area (Å²) in [7, 11) is 3.09. The van der Waals surface area contributed by atoms with E-state index < -0.39 is 0 Å². The summed E-state index contributed by atoms with van der Waals surface area (Å²) in [6.45, 7) is 0.464. The summed E-state index contributed by atoms with van der Waals surface area (Å²) in [4.78, 5) is 12.3. The number of hydrogen-bond acceptors (Lipinski definition) is 5.